The predicted octanol–water partition coefficient (Wildman–Crippen LogP) is 4.51. The smallest absolute Gasteiger partial charge is 0.263 e. The second kappa shape index (κ2) is 9.00. The zero-order valence-electron chi connectivity index (χ0n) is 16.9. The first-order valence-electron chi connectivity index (χ1n) is 9.88. The first-order chi connectivity index (χ1) is 14.7. The SMILES string of the molecule is CC[C@@H](NC(=O)c1cnc(-c2ccccc2)s1)[C@@H](c1ccc(C)cc1)n1cncn1. The number of carbonyl (C=O) groups is 1. The molecule has 0 saturated carbocycles. The van der Waals surface area contributed by atoms with Crippen LogP contribution in [0, 0.1) is 6.92 Å². The maximum Gasteiger partial charge on any atom is 0.263 e. The Kier molecular flexibility index (Phi) is 5.99. The van der Waals surface area contributed by atoms with Crippen molar-refractivity contribution in [3.63, 3.8) is 0 Å². The van der Waals surface area contributed by atoms with E-state index in [1.54, 1.807) is 17.2 Å². The number of benzene rings is 2. The molecule has 0 aliphatic carbocycles. The molecule has 0 radical (unpaired) electrons. The minimum absolute atomic E-state index is 0.126. The average molecular weight is 418 g/mol. The lowest BCUT2D eigenvalue weighted by molar-refractivity contribution is 0.0929. The number of hydrogen-bond donors (Lipinski definition) is 1. The van der Waals surface area contributed by atoms with Crippen molar-refractivity contribution in [2.45, 2.75) is 32.4 Å². The third-order valence-corrected chi connectivity index (χ3v) is 6.07. The van der Waals surface area contributed by atoms with Gasteiger partial charge in [0.1, 0.15) is 22.5 Å². The first kappa shape index (κ1) is 20.0. The summed E-state index contributed by atoms with van der Waals surface area (Å²) in [7, 11) is 0. The normalized spacial score (nSPS) is 13.0. The Morgan fingerprint density at radius 3 is 2.57 bits per heavy atom. The van der Waals surface area contributed by atoms with Crippen molar-refractivity contribution in [1.82, 2.24) is 25.1 Å². The van der Waals surface area contributed by atoms with Crippen molar-refractivity contribution in [2.24, 2.45) is 0 Å². The van der Waals surface area contributed by atoms with E-state index in [0.29, 0.717) is 4.88 Å². The van der Waals surface area contributed by atoms with Gasteiger partial charge in [0.2, 0.25) is 0 Å². The zero-order chi connectivity index (χ0) is 20.9. The molecule has 0 spiro atoms. The molecule has 0 aliphatic rings. The van der Waals surface area contributed by atoms with Crippen LogP contribution >= 0.6 is 11.3 Å². The van der Waals surface area contributed by atoms with Crippen LogP contribution in [-0.2, 0) is 0 Å². The molecule has 0 fully saturated rings. The van der Waals surface area contributed by atoms with Gasteiger partial charge in [-0.3, -0.25) is 4.79 Å². The fourth-order valence-corrected chi connectivity index (χ4v) is 4.26. The first-order valence-corrected chi connectivity index (χ1v) is 10.7. The van der Waals surface area contributed by atoms with Gasteiger partial charge in [0.25, 0.3) is 5.91 Å². The second-order valence-corrected chi connectivity index (χ2v) is 8.15. The summed E-state index contributed by atoms with van der Waals surface area (Å²) in [5.41, 5.74) is 3.27. The molecule has 7 heteroatoms. The number of rotatable bonds is 7. The molecule has 152 valence electrons. The lowest BCUT2D eigenvalue weighted by Crippen LogP contribution is -2.41. The van der Waals surface area contributed by atoms with Crippen LogP contribution in [-0.4, -0.2) is 31.7 Å². The molecule has 1 amide bonds. The van der Waals surface area contributed by atoms with Crippen molar-refractivity contribution in [1.29, 1.82) is 0 Å². The number of aromatic nitrogens is 4. The average Bonchev–Trinajstić information content (AvgIpc) is 3.48. The number of amides is 1. The number of aryl methyl sites for hydroxylation is 1. The second-order valence-electron chi connectivity index (χ2n) is 7.11. The third-order valence-electron chi connectivity index (χ3n) is 5.03. The molecule has 0 aliphatic heterocycles. The van der Waals surface area contributed by atoms with E-state index in [1.807, 2.05) is 30.3 Å². The summed E-state index contributed by atoms with van der Waals surface area (Å²) in [6.45, 7) is 4.12. The molecule has 4 rings (SSSR count). The van der Waals surface area contributed by atoms with Gasteiger partial charge >= 0.3 is 0 Å². The van der Waals surface area contributed by atoms with E-state index in [9.17, 15) is 4.79 Å². The van der Waals surface area contributed by atoms with Gasteiger partial charge in [0, 0.05) is 5.56 Å². The van der Waals surface area contributed by atoms with E-state index in [4.69, 9.17) is 0 Å². The number of thiazole rings is 1. The van der Waals surface area contributed by atoms with Crippen LogP contribution in [0.15, 0.2) is 73.4 Å². The van der Waals surface area contributed by atoms with Crippen LogP contribution in [0.1, 0.15) is 40.2 Å². The van der Waals surface area contributed by atoms with Gasteiger partial charge in [-0.1, -0.05) is 67.1 Å². The Morgan fingerprint density at radius 1 is 1.13 bits per heavy atom. The summed E-state index contributed by atoms with van der Waals surface area (Å²) in [5.74, 6) is -0.126. The Balaban J connectivity index is 1.58. The van der Waals surface area contributed by atoms with Crippen LogP contribution in [0.2, 0.25) is 0 Å². The Labute approximate surface area is 179 Å². The molecule has 4 aromatic rings. The Morgan fingerprint density at radius 2 is 1.90 bits per heavy atom. The van der Waals surface area contributed by atoms with Crippen molar-refractivity contribution >= 4 is 17.2 Å². The highest BCUT2D eigenvalue weighted by molar-refractivity contribution is 7.16. The van der Waals surface area contributed by atoms with Crippen LogP contribution in [0.5, 0.6) is 0 Å². The fourth-order valence-electron chi connectivity index (χ4n) is 3.43. The van der Waals surface area contributed by atoms with Gasteiger partial charge in [-0.2, -0.15) is 5.10 Å². The standard InChI is InChI=1S/C23H23N5OS/c1-3-19(21(28-15-24-14-26-28)17-11-9-16(2)10-12-17)27-22(29)20-13-25-23(30-20)18-7-5-4-6-8-18/h4-15,19,21H,3H2,1-2H3,(H,27,29)/t19-,21-/m1/s1. The minimum Gasteiger partial charge on any atom is -0.346 e. The van der Waals surface area contributed by atoms with Gasteiger partial charge in [-0.25, -0.2) is 14.6 Å². The van der Waals surface area contributed by atoms with Crippen molar-refractivity contribution < 1.29 is 4.79 Å². The highest BCUT2D eigenvalue weighted by Crippen LogP contribution is 2.27. The summed E-state index contributed by atoms with van der Waals surface area (Å²) < 4.78 is 1.81. The molecule has 6 nitrogen and oxygen atoms in total. The van der Waals surface area contributed by atoms with E-state index >= 15 is 0 Å². The molecule has 0 saturated heterocycles. The quantitative estimate of drug-likeness (QED) is 0.480. The largest absolute Gasteiger partial charge is 0.346 e. The number of carbonyl (C=O) groups excluding carboxylic acids is 1. The molecule has 2 heterocycles. The van der Waals surface area contributed by atoms with Gasteiger partial charge in [-0.05, 0) is 18.9 Å². The van der Waals surface area contributed by atoms with E-state index in [0.717, 1.165) is 22.6 Å². The fraction of sp³-hybridized carbons (Fsp3) is 0.217. The van der Waals surface area contributed by atoms with Gasteiger partial charge < -0.3 is 5.32 Å². The molecular formula is C23H23N5OS. The monoisotopic (exact) mass is 417 g/mol. The maximum absolute atomic E-state index is 13.0. The van der Waals surface area contributed by atoms with Crippen LogP contribution in [0.3, 0.4) is 0 Å². The van der Waals surface area contributed by atoms with E-state index in [1.165, 1.54) is 23.2 Å². The Bertz CT molecular complexity index is 1090. The molecule has 30 heavy (non-hydrogen) atoms. The highest BCUT2D eigenvalue weighted by atomic mass is 32.1. The highest BCUT2D eigenvalue weighted by Gasteiger charge is 2.27. The molecule has 2 aromatic carbocycles. The minimum atomic E-state index is -0.149. The van der Waals surface area contributed by atoms with E-state index in [-0.39, 0.29) is 18.0 Å². The van der Waals surface area contributed by atoms with Gasteiger partial charge in [-0.15, -0.1) is 11.3 Å². The summed E-state index contributed by atoms with van der Waals surface area (Å²) in [6, 6.07) is 17.9. The molecule has 2 aromatic heterocycles. The van der Waals surface area contributed by atoms with E-state index in [2.05, 4.69) is 58.5 Å². The summed E-state index contributed by atoms with van der Waals surface area (Å²) in [5, 5.41) is 8.38. The maximum atomic E-state index is 13.0. The van der Waals surface area contributed by atoms with Gasteiger partial charge in [0.15, 0.2) is 0 Å². The summed E-state index contributed by atoms with van der Waals surface area (Å²) in [6.07, 6.45) is 5.60. The van der Waals surface area contributed by atoms with Crippen molar-refractivity contribution in [3.05, 3.63) is 89.5 Å². The summed E-state index contributed by atoms with van der Waals surface area (Å²) in [4.78, 5) is 22.2. The lowest BCUT2D eigenvalue weighted by atomic mass is 9.96. The van der Waals surface area contributed by atoms with Crippen LogP contribution in [0.4, 0.5) is 0 Å². The third kappa shape index (κ3) is 4.31. The summed E-state index contributed by atoms with van der Waals surface area (Å²) >= 11 is 1.40. The van der Waals surface area contributed by atoms with Crippen molar-refractivity contribution in [2.75, 3.05) is 0 Å². The predicted molar refractivity (Wildman–Crippen MR) is 118 cm³/mol. The number of nitrogens with zero attached hydrogens (tertiary/aromatic N) is 4. The van der Waals surface area contributed by atoms with E-state index < -0.39 is 0 Å². The number of hydrogen-bond acceptors (Lipinski definition) is 5. The molecule has 0 bridgehead atoms. The van der Waals surface area contributed by atoms with Gasteiger partial charge in [0.05, 0.1) is 18.3 Å². The number of nitrogens with one attached hydrogen (secondary N) is 1. The molecular weight excluding hydrogens is 394 g/mol. The zero-order valence-corrected chi connectivity index (χ0v) is 17.7. The van der Waals surface area contributed by atoms with Crippen LogP contribution < -0.4 is 5.32 Å². The van der Waals surface area contributed by atoms with Crippen molar-refractivity contribution in [3.8, 4) is 10.6 Å². The topological polar surface area (TPSA) is 72.7 Å². The lowest BCUT2D eigenvalue weighted by Gasteiger charge is -2.27. The molecule has 1 N–H and O–H groups in total. The van der Waals surface area contributed by atoms with Crippen LogP contribution in [0.25, 0.3) is 10.6 Å². The molecule has 2 atom stereocenters. The molecule has 0 unspecified atom stereocenters. The Hall–Kier alpha value is -3.32.